The third-order valence-electron chi connectivity index (χ3n) is 2.23. The van der Waals surface area contributed by atoms with Crippen molar-refractivity contribution in [2.75, 3.05) is 6.61 Å². The summed E-state index contributed by atoms with van der Waals surface area (Å²) in [5, 5.41) is 0.520. The maximum absolute atomic E-state index is 13.3. The minimum atomic E-state index is -0.540. The number of hydrogen-bond acceptors (Lipinski definition) is 3. The molecular formula is C12H9ClFNO2. The van der Waals surface area contributed by atoms with Crippen molar-refractivity contribution in [3.63, 3.8) is 0 Å². The van der Waals surface area contributed by atoms with E-state index in [1.165, 1.54) is 24.4 Å². The molecule has 1 aromatic heterocycles. The van der Waals surface area contributed by atoms with Crippen molar-refractivity contribution < 1.29 is 13.9 Å². The van der Waals surface area contributed by atoms with Gasteiger partial charge in [0, 0.05) is 11.6 Å². The van der Waals surface area contributed by atoms with Gasteiger partial charge in [0.1, 0.15) is 5.82 Å². The first-order valence-electron chi connectivity index (χ1n) is 5.03. The summed E-state index contributed by atoms with van der Waals surface area (Å²) in [5.41, 5.74) is 0.825. The fourth-order valence-corrected chi connectivity index (χ4v) is 1.61. The minimum Gasteiger partial charge on any atom is -0.462 e. The van der Waals surface area contributed by atoms with Crippen molar-refractivity contribution in [1.29, 1.82) is 0 Å². The zero-order valence-corrected chi connectivity index (χ0v) is 9.79. The van der Waals surface area contributed by atoms with Crippen LogP contribution in [0.2, 0.25) is 5.02 Å². The Labute approximate surface area is 102 Å². The number of halogens is 2. The molecule has 0 spiro atoms. The molecule has 0 radical (unpaired) electrons. The van der Waals surface area contributed by atoms with Crippen molar-refractivity contribution in [1.82, 2.24) is 4.98 Å². The number of pyridine rings is 1. The lowest BCUT2D eigenvalue weighted by molar-refractivity contribution is 0.0526. The minimum absolute atomic E-state index is 0.00823. The Morgan fingerprint density at radius 3 is 2.94 bits per heavy atom. The predicted octanol–water partition coefficient (Wildman–Crippen LogP) is 3.20. The standard InChI is InChI=1S/C12H9ClFNO2/c1-2-17-12(16)8-3-7-4-10(14)9(13)5-11(7)15-6-8/h3-6H,2H2,1H3. The van der Waals surface area contributed by atoms with Crippen LogP contribution in [0, 0.1) is 5.82 Å². The fraction of sp³-hybridized carbons (Fsp3) is 0.167. The molecule has 0 saturated carbocycles. The van der Waals surface area contributed by atoms with Crippen molar-refractivity contribution >= 4 is 28.5 Å². The Morgan fingerprint density at radius 1 is 1.47 bits per heavy atom. The highest BCUT2D eigenvalue weighted by molar-refractivity contribution is 6.31. The normalized spacial score (nSPS) is 10.5. The van der Waals surface area contributed by atoms with Gasteiger partial charge in [-0.25, -0.2) is 9.18 Å². The first kappa shape index (κ1) is 11.8. The molecule has 2 aromatic rings. The van der Waals surface area contributed by atoms with E-state index in [4.69, 9.17) is 16.3 Å². The van der Waals surface area contributed by atoms with Crippen molar-refractivity contribution in [2.24, 2.45) is 0 Å². The molecule has 0 unspecified atom stereocenters. The molecule has 0 amide bonds. The van der Waals surface area contributed by atoms with E-state index >= 15 is 0 Å². The summed E-state index contributed by atoms with van der Waals surface area (Å²) in [5.74, 6) is -1.01. The first-order valence-corrected chi connectivity index (χ1v) is 5.41. The average molecular weight is 254 g/mol. The maximum atomic E-state index is 13.3. The smallest absolute Gasteiger partial charge is 0.339 e. The van der Waals surface area contributed by atoms with Gasteiger partial charge in [-0.05, 0) is 25.1 Å². The number of esters is 1. The lowest BCUT2D eigenvalue weighted by Crippen LogP contribution is -2.05. The van der Waals surface area contributed by atoms with Crippen molar-refractivity contribution in [3.05, 3.63) is 40.8 Å². The molecule has 0 fully saturated rings. The average Bonchev–Trinajstić information content (AvgIpc) is 2.30. The maximum Gasteiger partial charge on any atom is 0.339 e. The third kappa shape index (κ3) is 2.36. The molecule has 1 aromatic carbocycles. The number of ether oxygens (including phenoxy) is 1. The Balaban J connectivity index is 2.50. The van der Waals surface area contributed by atoms with Crippen LogP contribution in [-0.2, 0) is 4.74 Å². The van der Waals surface area contributed by atoms with Gasteiger partial charge in [-0.3, -0.25) is 4.98 Å². The van der Waals surface area contributed by atoms with Gasteiger partial charge in [-0.15, -0.1) is 0 Å². The molecule has 0 saturated heterocycles. The lowest BCUT2D eigenvalue weighted by Gasteiger charge is -2.03. The first-order chi connectivity index (χ1) is 8.11. The summed E-state index contributed by atoms with van der Waals surface area (Å²) in [6.45, 7) is 2.00. The van der Waals surface area contributed by atoms with Gasteiger partial charge >= 0.3 is 5.97 Å². The molecule has 17 heavy (non-hydrogen) atoms. The van der Waals surface area contributed by atoms with E-state index in [2.05, 4.69) is 4.98 Å². The fourth-order valence-electron chi connectivity index (χ4n) is 1.45. The second-order valence-corrected chi connectivity index (χ2v) is 3.81. The van der Waals surface area contributed by atoms with Crippen LogP contribution in [0.15, 0.2) is 24.4 Å². The Hall–Kier alpha value is -1.68. The number of fused-ring (bicyclic) bond motifs is 1. The van der Waals surface area contributed by atoms with Crippen LogP contribution in [-0.4, -0.2) is 17.6 Å². The van der Waals surface area contributed by atoms with Crippen LogP contribution in [0.1, 0.15) is 17.3 Å². The van der Waals surface area contributed by atoms with E-state index in [-0.39, 0.29) is 11.6 Å². The van der Waals surface area contributed by atoms with Crippen LogP contribution in [0.25, 0.3) is 10.9 Å². The van der Waals surface area contributed by atoms with E-state index < -0.39 is 11.8 Å². The molecule has 5 heteroatoms. The van der Waals surface area contributed by atoms with Crippen molar-refractivity contribution in [3.8, 4) is 0 Å². The monoisotopic (exact) mass is 253 g/mol. The molecule has 2 rings (SSSR count). The van der Waals surface area contributed by atoms with E-state index in [0.717, 1.165) is 0 Å². The van der Waals surface area contributed by atoms with Crippen LogP contribution in [0.4, 0.5) is 4.39 Å². The van der Waals surface area contributed by atoms with Gasteiger partial charge in [0.15, 0.2) is 0 Å². The van der Waals surface area contributed by atoms with Crippen LogP contribution < -0.4 is 0 Å². The highest BCUT2D eigenvalue weighted by Gasteiger charge is 2.09. The number of carbonyl (C=O) groups excluding carboxylic acids is 1. The van der Waals surface area contributed by atoms with E-state index in [9.17, 15) is 9.18 Å². The summed E-state index contributed by atoms with van der Waals surface area (Å²) in [4.78, 5) is 15.5. The van der Waals surface area contributed by atoms with Gasteiger partial charge in [0.25, 0.3) is 0 Å². The largest absolute Gasteiger partial charge is 0.462 e. The zero-order chi connectivity index (χ0) is 12.4. The quantitative estimate of drug-likeness (QED) is 0.772. The topological polar surface area (TPSA) is 39.2 Å². The van der Waals surface area contributed by atoms with Crippen molar-refractivity contribution in [2.45, 2.75) is 6.92 Å². The Kier molecular flexibility index (Phi) is 3.24. The lowest BCUT2D eigenvalue weighted by atomic mass is 10.1. The molecular weight excluding hydrogens is 245 g/mol. The highest BCUT2D eigenvalue weighted by atomic mass is 35.5. The van der Waals surface area contributed by atoms with Crippen LogP contribution in [0.5, 0.6) is 0 Å². The second-order valence-electron chi connectivity index (χ2n) is 3.40. The zero-order valence-electron chi connectivity index (χ0n) is 9.04. The molecule has 0 aliphatic carbocycles. The Morgan fingerprint density at radius 2 is 2.24 bits per heavy atom. The summed E-state index contributed by atoms with van der Waals surface area (Å²) in [6, 6.07) is 4.19. The molecule has 0 aliphatic rings. The van der Waals surface area contributed by atoms with Gasteiger partial charge in [0.2, 0.25) is 0 Å². The van der Waals surface area contributed by atoms with Gasteiger partial charge in [-0.2, -0.15) is 0 Å². The molecule has 0 N–H and O–H groups in total. The van der Waals surface area contributed by atoms with E-state index in [1.54, 1.807) is 6.92 Å². The molecule has 3 nitrogen and oxygen atoms in total. The number of rotatable bonds is 2. The molecule has 0 aliphatic heterocycles. The summed E-state index contributed by atoms with van der Waals surface area (Å²) in [6.07, 6.45) is 1.38. The van der Waals surface area contributed by atoms with Crippen LogP contribution >= 0.6 is 11.6 Å². The van der Waals surface area contributed by atoms with Gasteiger partial charge in [-0.1, -0.05) is 11.6 Å². The SMILES string of the molecule is CCOC(=O)c1cnc2cc(Cl)c(F)cc2c1. The van der Waals surface area contributed by atoms with E-state index in [1.807, 2.05) is 0 Å². The van der Waals surface area contributed by atoms with Crippen LogP contribution in [0.3, 0.4) is 0 Å². The van der Waals surface area contributed by atoms with Gasteiger partial charge < -0.3 is 4.74 Å². The summed E-state index contributed by atoms with van der Waals surface area (Å²) < 4.78 is 18.1. The highest BCUT2D eigenvalue weighted by Crippen LogP contribution is 2.22. The number of hydrogen-bond donors (Lipinski definition) is 0. The number of carbonyl (C=O) groups is 1. The third-order valence-corrected chi connectivity index (χ3v) is 2.52. The van der Waals surface area contributed by atoms with Gasteiger partial charge in [0.05, 0.1) is 22.7 Å². The Bertz CT molecular complexity index is 586. The second kappa shape index (κ2) is 4.67. The van der Waals surface area contributed by atoms with E-state index in [0.29, 0.717) is 16.5 Å². The number of nitrogens with zero attached hydrogens (tertiary/aromatic N) is 1. The summed E-state index contributed by atoms with van der Waals surface area (Å²) >= 11 is 5.63. The number of benzene rings is 1. The molecule has 1 heterocycles. The number of aromatic nitrogens is 1. The molecule has 88 valence electrons. The predicted molar refractivity (Wildman–Crippen MR) is 62.7 cm³/mol. The molecule has 0 atom stereocenters. The summed E-state index contributed by atoms with van der Waals surface area (Å²) in [7, 11) is 0. The molecule has 0 bridgehead atoms.